The van der Waals surface area contributed by atoms with Crippen molar-refractivity contribution in [1.82, 2.24) is 4.72 Å². The van der Waals surface area contributed by atoms with Crippen LogP contribution in [-0.4, -0.2) is 26.1 Å². The molecule has 1 aromatic carbocycles. The van der Waals surface area contributed by atoms with Crippen molar-refractivity contribution in [2.24, 2.45) is 0 Å². The molecule has 0 saturated carbocycles. The summed E-state index contributed by atoms with van der Waals surface area (Å²) in [6.07, 6.45) is 1.40. The maximum Gasteiger partial charge on any atom is 0.341 e. The Hall–Kier alpha value is -2.39. The van der Waals surface area contributed by atoms with Gasteiger partial charge in [-0.3, -0.25) is 0 Å². The average Bonchev–Trinajstić information content (AvgIpc) is 2.97. The van der Waals surface area contributed by atoms with Crippen LogP contribution in [0.3, 0.4) is 0 Å². The maximum absolute atomic E-state index is 13.7. The smallest absolute Gasteiger partial charge is 0.341 e. The minimum absolute atomic E-state index is 0.0752. The van der Waals surface area contributed by atoms with Crippen LogP contribution in [0.5, 0.6) is 5.75 Å². The summed E-state index contributed by atoms with van der Waals surface area (Å²) in [6, 6.07) is 6.12. The molecule has 1 aromatic heterocycles. The Morgan fingerprint density at radius 2 is 2.14 bits per heavy atom. The molecule has 9 heteroatoms. The fraction of sp³-hybridized carbons (Fsp3) is 0.154. The molecule has 2 N–H and O–H groups in total. The number of hydrogen-bond donors (Lipinski definition) is 2. The first-order chi connectivity index (χ1) is 10.4. The zero-order valence-electron chi connectivity index (χ0n) is 11.2. The molecule has 0 fully saturated rings. The van der Waals surface area contributed by atoms with Gasteiger partial charge in [-0.2, -0.15) is 0 Å². The molecule has 0 aliphatic heterocycles. The van der Waals surface area contributed by atoms with Crippen LogP contribution in [0.15, 0.2) is 45.9 Å². The van der Waals surface area contributed by atoms with E-state index in [2.05, 4.69) is 9.46 Å². The van der Waals surface area contributed by atoms with Gasteiger partial charge in [0.2, 0.25) is 10.0 Å². The number of aliphatic carboxylic acids is 1. The maximum atomic E-state index is 13.7. The Morgan fingerprint density at radius 1 is 1.36 bits per heavy atom. The van der Waals surface area contributed by atoms with Crippen LogP contribution in [-0.2, 0) is 21.4 Å². The van der Waals surface area contributed by atoms with Gasteiger partial charge in [-0.15, -0.1) is 0 Å². The van der Waals surface area contributed by atoms with Crippen LogP contribution in [0.1, 0.15) is 5.76 Å². The highest BCUT2D eigenvalue weighted by atomic mass is 32.2. The summed E-state index contributed by atoms with van der Waals surface area (Å²) in [5.41, 5.74) is 0. The Bertz CT molecular complexity index is 757. The van der Waals surface area contributed by atoms with Crippen molar-refractivity contribution in [1.29, 1.82) is 0 Å². The molecule has 0 atom stereocenters. The number of carbonyl (C=O) groups is 1. The van der Waals surface area contributed by atoms with Crippen LogP contribution < -0.4 is 9.46 Å². The van der Waals surface area contributed by atoms with Crippen molar-refractivity contribution in [3.63, 3.8) is 0 Å². The van der Waals surface area contributed by atoms with E-state index >= 15 is 0 Å². The van der Waals surface area contributed by atoms with E-state index in [9.17, 15) is 17.6 Å². The lowest BCUT2D eigenvalue weighted by Crippen LogP contribution is -2.23. The lowest BCUT2D eigenvalue weighted by Gasteiger charge is -2.08. The van der Waals surface area contributed by atoms with E-state index in [1.165, 1.54) is 6.26 Å². The van der Waals surface area contributed by atoms with Crippen LogP contribution >= 0.6 is 0 Å². The number of halogens is 1. The summed E-state index contributed by atoms with van der Waals surface area (Å²) >= 11 is 0. The molecule has 0 amide bonds. The van der Waals surface area contributed by atoms with Crippen LogP contribution in [0.2, 0.25) is 0 Å². The van der Waals surface area contributed by atoms with Gasteiger partial charge in [0.25, 0.3) is 0 Å². The zero-order chi connectivity index (χ0) is 16.2. The Labute approximate surface area is 125 Å². The fourth-order valence-electron chi connectivity index (χ4n) is 1.57. The van der Waals surface area contributed by atoms with Gasteiger partial charge in [0.1, 0.15) is 5.76 Å². The van der Waals surface area contributed by atoms with E-state index in [-0.39, 0.29) is 17.2 Å². The summed E-state index contributed by atoms with van der Waals surface area (Å²) in [5, 5.41) is 8.45. The number of benzene rings is 1. The first-order valence-electron chi connectivity index (χ1n) is 6.04. The number of carboxylic acid groups (broad SMARTS) is 1. The van der Waals surface area contributed by atoms with Gasteiger partial charge in [-0.1, -0.05) is 0 Å². The lowest BCUT2D eigenvalue weighted by molar-refractivity contribution is -0.139. The second kappa shape index (κ2) is 6.58. The standard InChI is InChI=1S/C13H12FNO6S/c14-11-6-10(3-4-12(11)21-8-13(16)17)22(18,19)15-7-9-2-1-5-20-9/h1-6,15H,7-8H2,(H,16,17). The third kappa shape index (κ3) is 4.06. The molecule has 0 spiro atoms. The molecular weight excluding hydrogens is 317 g/mol. The predicted molar refractivity (Wildman–Crippen MR) is 72.3 cm³/mol. The Morgan fingerprint density at radius 3 is 2.73 bits per heavy atom. The highest BCUT2D eigenvalue weighted by molar-refractivity contribution is 7.89. The van der Waals surface area contributed by atoms with Gasteiger partial charge < -0.3 is 14.3 Å². The SMILES string of the molecule is O=C(O)COc1ccc(S(=O)(=O)NCc2ccco2)cc1F. The van der Waals surface area contributed by atoms with Gasteiger partial charge in [-0.05, 0) is 30.3 Å². The molecule has 0 radical (unpaired) electrons. The van der Waals surface area contributed by atoms with Crippen LogP contribution in [0.25, 0.3) is 0 Å². The van der Waals surface area contributed by atoms with Gasteiger partial charge >= 0.3 is 5.97 Å². The molecule has 118 valence electrons. The van der Waals surface area contributed by atoms with Gasteiger partial charge in [0, 0.05) is 0 Å². The second-order valence-electron chi connectivity index (χ2n) is 4.18. The summed E-state index contributed by atoms with van der Waals surface area (Å²) < 4.78 is 49.6. The van der Waals surface area contributed by atoms with E-state index in [0.29, 0.717) is 5.76 Å². The number of hydrogen-bond acceptors (Lipinski definition) is 5. The van der Waals surface area contributed by atoms with Crippen molar-refractivity contribution >= 4 is 16.0 Å². The summed E-state index contributed by atoms with van der Waals surface area (Å²) in [5.74, 6) is -2.17. The molecule has 2 aromatic rings. The Balaban J connectivity index is 2.10. The van der Waals surface area contributed by atoms with Crippen molar-refractivity contribution < 1.29 is 31.9 Å². The van der Waals surface area contributed by atoms with Gasteiger partial charge in [0.15, 0.2) is 18.2 Å². The number of rotatable bonds is 7. The topological polar surface area (TPSA) is 106 Å². The first kappa shape index (κ1) is 16.0. The molecule has 0 aliphatic carbocycles. The Kier molecular flexibility index (Phi) is 4.78. The van der Waals surface area contributed by atoms with Crippen molar-refractivity contribution in [2.45, 2.75) is 11.4 Å². The zero-order valence-corrected chi connectivity index (χ0v) is 12.0. The predicted octanol–water partition coefficient (Wildman–Crippen LogP) is 1.36. The largest absolute Gasteiger partial charge is 0.479 e. The summed E-state index contributed by atoms with van der Waals surface area (Å²) in [6.45, 7) is -0.798. The fourth-order valence-corrected chi connectivity index (χ4v) is 2.57. The highest BCUT2D eigenvalue weighted by Gasteiger charge is 2.17. The molecular formula is C13H12FNO6S. The van der Waals surface area contributed by atoms with Crippen molar-refractivity contribution in [3.8, 4) is 5.75 Å². The van der Waals surface area contributed by atoms with Crippen molar-refractivity contribution in [3.05, 3.63) is 48.2 Å². The molecule has 0 aliphatic rings. The molecule has 1 heterocycles. The van der Waals surface area contributed by atoms with Gasteiger partial charge in [0.05, 0.1) is 17.7 Å². The summed E-state index contributed by atoms with van der Waals surface area (Å²) in [7, 11) is -3.93. The van der Waals surface area contributed by atoms with E-state index in [1.54, 1.807) is 12.1 Å². The minimum atomic E-state index is -3.93. The number of ether oxygens (including phenoxy) is 1. The molecule has 2 rings (SSSR count). The highest BCUT2D eigenvalue weighted by Crippen LogP contribution is 2.21. The third-order valence-electron chi connectivity index (χ3n) is 2.58. The second-order valence-corrected chi connectivity index (χ2v) is 5.95. The molecule has 7 nitrogen and oxygen atoms in total. The van der Waals surface area contributed by atoms with Crippen LogP contribution in [0.4, 0.5) is 4.39 Å². The van der Waals surface area contributed by atoms with E-state index in [4.69, 9.17) is 9.52 Å². The normalized spacial score (nSPS) is 11.3. The molecule has 0 bridgehead atoms. The third-order valence-corrected chi connectivity index (χ3v) is 3.98. The summed E-state index contributed by atoms with van der Waals surface area (Å²) in [4.78, 5) is 10.0. The number of nitrogens with one attached hydrogen (secondary N) is 1. The molecule has 22 heavy (non-hydrogen) atoms. The van der Waals surface area contributed by atoms with Crippen molar-refractivity contribution in [2.75, 3.05) is 6.61 Å². The molecule has 0 unspecified atom stereocenters. The first-order valence-corrected chi connectivity index (χ1v) is 7.53. The van der Waals surface area contributed by atoms with E-state index in [1.807, 2.05) is 0 Å². The quantitative estimate of drug-likeness (QED) is 0.794. The number of carboxylic acids is 1. The minimum Gasteiger partial charge on any atom is -0.479 e. The van der Waals surface area contributed by atoms with Crippen LogP contribution in [0, 0.1) is 5.82 Å². The molecule has 0 saturated heterocycles. The lowest BCUT2D eigenvalue weighted by atomic mass is 10.3. The monoisotopic (exact) mass is 329 g/mol. The number of sulfonamides is 1. The van der Waals surface area contributed by atoms with E-state index in [0.717, 1.165) is 18.2 Å². The van der Waals surface area contributed by atoms with Gasteiger partial charge in [-0.25, -0.2) is 22.3 Å². The average molecular weight is 329 g/mol. The van der Waals surface area contributed by atoms with E-state index < -0.39 is 28.4 Å². The number of furan rings is 1.